The van der Waals surface area contributed by atoms with Crippen LogP contribution in [0, 0.1) is 5.92 Å². The van der Waals surface area contributed by atoms with Gasteiger partial charge in [0.15, 0.2) is 0 Å². The Labute approximate surface area is 200 Å². The van der Waals surface area contributed by atoms with E-state index in [1.807, 2.05) is 71.5 Å². The fraction of sp³-hybridized carbons (Fsp3) is 0.320. The van der Waals surface area contributed by atoms with Crippen LogP contribution in [0.1, 0.15) is 30.9 Å². The summed E-state index contributed by atoms with van der Waals surface area (Å²) >= 11 is 0. The zero-order valence-electron chi connectivity index (χ0n) is 19.2. The number of amides is 1. The number of rotatable bonds is 8. The highest BCUT2D eigenvalue weighted by molar-refractivity contribution is 7.89. The molecule has 0 aliphatic carbocycles. The Morgan fingerprint density at radius 1 is 1.15 bits per heavy atom. The highest BCUT2D eigenvalue weighted by atomic mass is 32.2. The lowest BCUT2D eigenvalue weighted by Crippen LogP contribution is -2.45. The number of carbonyl (C=O) groups is 1. The molecule has 0 saturated carbocycles. The molecular formula is C25H29N5O3S. The van der Waals surface area contributed by atoms with Gasteiger partial charge in [-0.15, -0.1) is 0 Å². The molecule has 1 atom stereocenters. The van der Waals surface area contributed by atoms with E-state index in [4.69, 9.17) is 5.10 Å². The van der Waals surface area contributed by atoms with Crippen LogP contribution in [0.4, 0.5) is 0 Å². The van der Waals surface area contributed by atoms with Gasteiger partial charge in [0.25, 0.3) is 0 Å². The van der Waals surface area contributed by atoms with Crippen LogP contribution in [0.15, 0.2) is 72.0 Å². The van der Waals surface area contributed by atoms with E-state index in [2.05, 4.69) is 10.5 Å². The predicted octanol–water partition coefficient (Wildman–Crippen LogP) is 3.11. The summed E-state index contributed by atoms with van der Waals surface area (Å²) in [7, 11) is -3.31. The molecule has 3 aromatic rings. The first-order chi connectivity index (χ1) is 16.5. The standard InChI is InChI=1S/C25H29N5O3S/c1-2-34(32,33)30-15-9-14-22(19-30)25(31)27-26-16-23-18-29(17-20-10-5-3-6-11-20)28-24(23)21-12-7-4-8-13-21/h3-8,10-13,16,18,22H,2,9,14-15,17,19H2,1H3,(H,27,31)/b26-16-/t22-/m1/s1. The van der Waals surface area contributed by atoms with E-state index in [-0.39, 0.29) is 18.2 Å². The SMILES string of the molecule is CCS(=O)(=O)N1CCC[C@@H](C(=O)N/N=C\c2cn(Cc3ccccc3)nc2-c2ccccc2)C1. The minimum absolute atomic E-state index is 0.0364. The number of hydrogen-bond donors (Lipinski definition) is 1. The van der Waals surface area contributed by atoms with Gasteiger partial charge in [0.2, 0.25) is 15.9 Å². The molecule has 1 aliphatic rings. The number of nitrogens with one attached hydrogen (secondary N) is 1. The van der Waals surface area contributed by atoms with Crippen LogP contribution in [0.3, 0.4) is 0 Å². The van der Waals surface area contributed by atoms with Gasteiger partial charge in [-0.3, -0.25) is 9.48 Å². The maximum absolute atomic E-state index is 12.7. The Balaban J connectivity index is 1.48. The monoisotopic (exact) mass is 479 g/mol. The fourth-order valence-electron chi connectivity index (χ4n) is 4.05. The van der Waals surface area contributed by atoms with Crippen molar-refractivity contribution in [2.45, 2.75) is 26.3 Å². The zero-order chi connectivity index (χ0) is 24.0. The van der Waals surface area contributed by atoms with Crippen LogP contribution in [-0.4, -0.2) is 53.5 Å². The molecule has 1 amide bonds. The number of aromatic nitrogens is 2. The molecule has 34 heavy (non-hydrogen) atoms. The second kappa shape index (κ2) is 10.8. The summed E-state index contributed by atoms with van der Waals surface area (Å²) in [5.74, 6) is -0.652. The van der Waals surface area contributed by atoms with Gasteiger partial charge in [0.1, 0.15) is 5.69 Å². The molecule has 1 aliphatic heterocycles. The van der Waals surface area contributed by atoms with Crippen molar-refractivity contribution in [3.8, 4) is 11.3 Å². The van der Waals surface area contributed by atoms with Gasteiger partial charge >= 0.3 is 0 Å². The van der Waals surface area contributed by atoms with Crippen LogP contribution in [0.2, 0.25) is 0 Å². The summed E-state index contributed by atoms with van der Waals surface area (Å²) in [6.45, 7) is 2.89. The molecule has 178 valence electrons. The van der Waals surface area contributed by atoms with E-state index in [9.17, 15) is 13.2 Å². The second-order valence-corrected chi connectivity index (χ2v) is 10.6. The van der Waals surface area contributed by atoms with E-state index >= 15 is 0 Å². The summed E-state index contributed by atoms with van der Waals surface area (Å²) in [6.07, 6.45) is 4.80. The maximum Gasteiger partial charge on any atom is 0.244 e. The summed E-state index contributed by atoms with van der Waals surface area (Å²) in [5.41, 5.74) is 6.23. The van der Waals surface area contributed by atoms with Gasteiger partial charge < -0.3 is 0 Å². The van der Waals surface area contributed by atoms with E-state index in [0.717, 1.165) is 22.4 Å². The lowest BCUT2D eigenvalue weighted by molar-refractivity contribution is -0.126. The second-order valence-electron chi connectivity index (χ2n) is 8.31. The molecule has 8 nitrogen and oxygen atoms in total. The molecule has 0 unspecified atom stereocenters. The van der Waals surface area contributed by atoms with Crippen molar-refractivity contribution in [2.24, 2.45) is 11.0 Å². The van der Waals surface area contributed by atoms with Gasteiger partial charge in [0.05, 0.1) is 24.4 Å². The predicted molar refractivity (Wildman–Crippen MR) is 133 cm³/mol. The average Bonchev–Trinajstić information content (AvgIpc) is 3.27. The van der Waals surface area contributed by atoms with Crippen LogP contribution < -0.4 is 5.43 Å². The first-order valence-electron chi connectivity index (χ1n) is 11.4. The molecule has 2 heterocycles. The first-order valence-corrected chi connectivity index (χ1v) is 13.0. The number of nitrogens with zero attached hydrogens (tertiary/aromatic N) is 4. The van der Waals surface area contributed by atoms with Crippen molar-refractivity contribution in [1.82, 2.24) is 19.5 Å². The van der Waals surface area contributed by atoms with Gasteiger partial charge in [-0.25, -0.2) is 18.1 Å². The average molecular weight is 480 g/mol. The van der Waals surface area contributed by atoms with E-state index in [1.165, 1.54) is 4.31 Å². The molecule has 0 bridgehead atoms. The van der Waals surface area contributed by atoms with Gasteiger partial charge in [0, 0.05) is 30.4 Å². The molecule has 1 saturated heterocycles. The topological polar surface area (TPSA) is 96.7 Å². The first kappa shape index (κ1) is 23.8. The highest BCUT2D eigenvalue weighted by Crippen LogP contribution is 2.22. The Bertz CT molecular complexity index is 1240. The molecule has 2 aromatic carbocycles. The third kappa shape index (κ3) is 5.78. The van der Waals surface area contributed by atoms with Crippen molar-refractivity contribution in [2.75, 3.05) is 18.8 Å². The van der Waals surface area contributed by atoms with E-state index in [0.29, 0.717) is 25.9 Å². The number of hydrogen-bond acceptors (Lipinski definition) is 5. The summed E-state index contributed by atoms with van der Waals surface area (Å²) < 4.78 is 27.6. The molecular weight excluding hydrogens is 450 g/mol. The quantitative estimate of drug-likeness (QED) is 0.397. The summed E-state index contributed by atoms with van der Waals surface area (Å²) in [4.78, 5) is 12.7. The van der Waals surface area contributed by atoms with Crippen LogP contribution in [0.5, 0.6) is 0 Å². The summed E-state index contributed by atoms with van der Waals surface area (Å²) in [6, 6.07) is 19.9. The number of piperidine rings is 1. The van der Waals surface area contributed by atoms with Crippen molar-refractivity contribution >= 4 is 22.1 Å². The van der Waals surface area contributed by atoms with Crippen LogP contribution in [-0.2, 0) is 21.4 Å². The fourth-order valence-corrected chi connectivity index (χ4v) is 5.23. The number of hydrazone groups is 1. The van der Waals surface area contributed by atoms with Crippen molar-refractivity contribution in [3.05, 3.63) is 78.0 Å². The minimum atomic E-state index is -3.31. The minimum Gasteiger partial charge on any atom is -0.273 e. The van der Waals surface area contributed by atoms with Crippen molar-refractivity contribution in [1.29, 1.82) is 0 Å². The molecule has 0 radical (unpaired) electrons. The normalized spacial score (nSPS) is 17.1. The van der Waals surface area contributed by atoms with Gasteiger partial charge in [-0.05, 0) is 25.3 Å². The molecule has 4 rings (SSSR count). The molecule has 9 heteroatoms. The Kier molecular flexibility index (Phi) is 7.54. The van der Waals surface area contributed by atoms with E-state index in [1.54, 1.807) is 13.1 Å². The maximum atomic E-state index is 12.7. The van der Waals surface area contributed by atoms with Crippen molar-refractivity contribution in [3.63, 3.8) is 0 Å². The Morgan fingerprint density at radius 3 is 2.56 bits per heavy atom. The lowest BCUT2D eigenvalue weighted by Gasteiger charge is -2.30. The molecule has 1 fully saturated rings. The van der Waals surface area contributed by atoms with Crippen LogP contribution >= 0.6 is 0 Å². The number of sulfonamides is 1. The smallest absolute Gasteiger partial charge is 0.244 e. The van der Waals surface area contributed by atoms with Crippen molar-refractivity contribution < 1.29 is 13.2 Å². The zero-order valence-corrected chi connectivity index (χ0v) is 20.0. The van der Waals surface area contributed by atoms with Gasteiger partial charge in [-0.2, -0.15) is 10.2 Å². The van der Waals surface area contributed by atoms with E-state index < -0.39 is 15.9 Å². The third-order valence-electron chi connectivity index (χ3n) is 5.92. The van der Waals surface area contributed by atoms with Crippen LogP contribution in [0.25, 0.3) is 11.3 Å². The Hall–Kier alpha value is -3.30. The number of carbonyl (C=O) groups excluding carboxylic acids is 1. The summed E-state index contributed by atoms with van der Waals surface area (Å²) in [5, 5.41) is 8.93. The highest BCUT2D eigenvalue weighted by Gasteiger charge is 2.31. The molecule has 1 aromatic heterocycles. The lowest BCUT2D eigenvalue weighted by atomic mass is 9.99. The molecule has 0 spiro atoms. The Morgan fingerprint density at radius 2 is 1.85 bits per heavy atom. The van der Waals surface area contributed by atoms with Gasteiger partial charge in [-0.1, -0.05) is 60.7 Å². The molecule has 1 N–H and O–H groups in total. The third-order valence-corrected chi connectivity index (χ3v) is 7.76. The largest absolute Gasteiger partial charge is 0.273 e. The number of benzene rings is 2.